The normalized spacial score (nSPS) is 30.4. The van der Waals surface area contributed by atoms with Crippen LogP contribution in [0.3, 0.4) is 0 Å². The average Bonchev–Trinajstić information content (AvgIpc) is 3.22. The number of aryl methyl sites for hydroxylation is 1. The van der Waals surface area contributed by atoms with Crippen LogP contribution in [-0.4, -0.2) is 21.9 Å². The Labute approximate surface area is 143 Å². The Balaban J connectivity index is 1.63. The van der Waals surface area contributed by atoms with Gasteiger partial charge in [-0.1, -0.05) is 18.2 Å². The van der Waals surface area contributed by atoms with E-state index in [9.17, 15) is 24.8 Å². The number of nitrogens with zero attached hydrogens (tertiary/aromatic N) is 1. The molecule has 1 spiro atoms. The first-order valence-electron chi connectivity index (χ1n) is 8.32. The molecule has 0 aromatic heterocycles. The van der Waals surface area contributed by atoms with Crippen molar-refractivity contribution in [1.82, 2.24) is 0 Å². The molecule has 2 bridgehead atoms. The fourth-order valence-corrected chi connectivity index (χ4v) is 4.76. The summed E-state index contributed by atoms with van der Waals surface area (Å²) >= 11 is 0. The van der Waals surface area contributed by atoms with Gasteiger partial charge in [-0.05, 0) is 42.6 Å². The number of carboxylic acid groups (broad SMARTS) is 1. The Morgan fingerprint density at radius 2 is 1.88 bits per heavy atom. The van der Waals surface area contributed by atoms with Crippen LogP contribution in [-0.2, 0) is 9.59 Å². The van der Waals surface area contributed by atoms with E-state index in [0.717, 1.165) is 12.8 Å². The third-order valence-corrected chi connectivity index (χ3v) is 6.12. The zero-order valence-corrected chi connectivity index (χ0v) is 13.6. The zero-order chi connectivity index (χ0) is 17.9. The van der Waals surface area contributed by atoms with Crippen molar-refractivity contribution in [3.8, 4) is 0 Å². The van der Waals surface area contributed by atoms with Crippen molar-refractivity contribution < 1.29 is 19.6 Å². The summed E-state index contributed by atoms with van der Waals surface area (Å²) in [5.41, 5.74) is 0.899. The van der Waals surface area contributed by atoms with Crippen LogP contribution in [0.2, 0.25) is 0 Å². The van der Waals surface area contributed by atoms with E-state index in [0.29, 0.717) is 11.3 Å². The number of rotatable bonds is 4. The third kappa shape index (κ3) is 2.18. The third-order valence-electron chi connectivity index (χ3n) is 6.12. The highest BCUT2D eigenvalue weighted by Gasteiger charge is 2.70. The number of aliphatic carboxylic acids is 1. The van der Waals surface area contributed by atoms with Crippen molar-refractivity contribution in [2.75, 3.05) is 5.32 Å². The van der Waals surface area contributed by atoms with E-state index in [1.54, 1.807) is 13.0 Å². The van der Waals surface area contributed by atoms with Crippen LogP contribution in [0.5, 0.6) is 0 Å². The molecule has 2 N–H and O–H groups in total. The lowest BCUT2D eigenvalue weighted by Crippen LogP contribution is -2.36. The van der Waals surface area contributed by atoms with Crippen LogP contribution in [0, 0.1) is 46.1 Å². The molecule has 2 fully saturated rings. The number of nitro benzene ring substituents is 1. The second kappa shape index (κ2) is 5.15. The van der Waals surface area contributed by atoms with Gasteiger partial charge in [-0.25, -0.2) is 0 Å². The Kier molecular flexibility index (Phi) is 3.25. The molecular weight excluding hydrogens is 324 g/mol. The fraction of sp³-hybridized carbons (Fsp3) is 0.444. The molecule has 130 valence electrons. The van der Waals surface area contributed by atoms with Gasteiger partial charge in [0.2, 0.25) is 5.91 Å². The van der Waals surface area contributed by atoms with Crippen molar-refractivity contribution in [2.24, 2.45) is 29.1 Å². The molecule has 1 aromatic rings. The molecule has 7 heteroatoms. The lowest BCUT2D eigenvalue weighted by Gasteiger charge is -2.24. The van der Waals surface area contributed by atoms with Crippen molar-refractivity contribution >= 4 is 23.3 Å². The van der Waals surface area contributed by atoms with Gasteiger partial charge in [0, 0.05) is 12.1 Å². The van der Waals surface area contributed by atoms with Gasteiger partial charge in [0.05, 0.1) is 22.4 Å². The predicted molar refractivity (Wildman–Crippen MR) is 88.9 cm³/mol. The first-order valence-corrected chi connectivity index (χ1v) is 8.32. The van der Waals surface area contributed by atoms with Gasteiger partial charge in [-0.15, -0.1) is 0 Å². The zero-order valence-electron chi connectivity index (χ0n) is 13.6. The summed E-state index contributed by atoms with van der Waals surface area (Å²) in [6.07, 6.45) is 5.86. The van der Waals surface area contributed by atoms with Crippen LogP contribution in [0.1, 0.15) is 18.4 Å². The maximum Gasteiger partial charge on any atom is 0.307 e. The summed E-state index contributed by atoms with van der Waals surface area (Å²) in [5.74, 6) is -2.81. The van der Waals surface area contributed by atoms with E-state index in [1.165, 1.54) is 12.1 Å². The topological polar surface area (TPSA) is 110 Å². The minimum Gasteiger partial charge on any atom is -0.481 e. The van der Waals surface area contributed by atoms with E-state index in [4.69, 9.17) is 0 Å². The summed E-state index contributed by atoms with van der Waals surface area (Å²) in [4.78, 5) is 35.1. The fourth-order valence-electron chi connectivity index (χ4n) is 4.76. The highest BCUT2D eigenvalue weighted by Crippen LogP contribution is 2.72. The van der Waals surface area contributed by atoms with Crippen molar-refractivity contribution in [2.45, 2.75) is 19.8 Å². The molecule has 3 aliphatic carbocycles. The molecule has 25 heavy (non-hydrogen) atoms. The number of non-ortho nitro benzene ring substituents is 1. The summed E-state index contributed by atoms with van der Waals surface area (Å²) < 4.78 is 0. The monoisotopic (exact) mass is 342 g/mol. The molecule has 0 saturated heterocycles. The molecule has 7 nitrogen and oxygen atoms in total. The minimum absolute atomic E-state index is 0.0528. The molecule has 1 amide bonds. The lowest BCUT2D eigenvalue weighted by atomic mass is 9.82. The molecule has 0 unspecified atom stereocenters. The van der Waals surface area contributed by atoms with E-state index in [1.807, 2.05) is 12.2 Å². The Hall–Kier alpha value is -2.70. The number of nitrogens with one attached hydrogen (secondary N) is 1. The van der Waals surface area contributed by atoms with Gasteiger partial charge >= 0.3 is 5.97 Å². The first kappa shape index (κ1) is 15.8. The van der Waals surface area contributed by atoms with Gasteiger partial charge in [0.1, 0.15) is 0 Å². The van der Waals surface area contributed by atoms with Gasteiger partial charge in [-0.2, -0.15) is 0 Å². The van der Waals surface area contributed by atoms with Crippen molar-refractivity contribution in [3.05, 3.63) is 46.0 Å². The van der Waals surface area contributed by atoms with Crippen LogP contribution >= 0.6 is 0 Å². The van der Waals surface area contributed by atoms with E-state index >= 15 is 0 Å². The Morgan fingerprint density at radius 3 is 2.44 bits per heavy atom. The smallest absolute Gasteiger partial charge is 0.307 e. The molecule has 3 aliphatic rings. The number of anilines is 1. The maximum absolute atomic E-state index is 12.9. The van der Waals surface area contributed by atoms with Crippen LogP contribution in [0.15, 0.2) is 30.4 Å². The van der Waals surface area contributed by atoms with Gasteiger partial charge in [-0.3, -0.25) is 19.7 Å². The lowest BCUT2D eigenvalue weighted by molar-refractivity contribution is -0.384. The number of carboxylic acids is 1. The number of carbonyl (C=O) groups excluding carboxylic acids is 1. The molecule has 0 heterocycles. The standard InChI is InChI=1S/C18H18N2O5/c1-9-2-3-10(20(24)25)8-13(9)19-16(21)14-11-4-5-12(15(14)17(22)23)18(11)6-7-18/h2-5,8,11-12,14-15H,6-7H2,1H3,(H,19,21)(H,22,23)/t11-,12-,14-,15+/m1/s1. The minimum atomic E-state index is -0.945. The van der Waals surface area contributed by atoms with Crippen LogP contribution < -0.4 is 5.32 Å². The number of carbonyl (C=O) groups is 2. The molecule has 4 rings (SSSR count). The summed E-state index contributed by atoms with van der Waals surface area (Å²) in [5, 5.41) is 23.3. The van der Waals surface area contributed by atoms with E-state index < -0.39 is 22.7 Å². The molecule has 1 aromatic carbocycles. The van der Waals surface area contributed by atoms with Crippen LogP contribution in [0.25, 0.3) is 0 Å². The highest BCUT2D eigenvalue weighted by molar-refractivity contribution is 5.97. The Bertz CT molecular complexity index is 827. The van der Waals surface area contributed by atoms with Crippen molar-refractivity contribution in [3.63, 3.8) is 0 Å². The Morgan fingerprint density at radius 1 is 1.24 bits per heavy atom. The average molecular weight is 342 g/mol. The second-order valence-corrected chi connectivity index (χ2v) is 7.31. The molecule has 0 aliphatic heterocycles. The highest BCUT2D eigenvalue weighted by atomic mass is 16.6. The number of amides is 1. The molecule has 2 saturated carbocycles. The largest absolute Gasteiger partial charge is 0.481 e. The van der Waals surface area contributed by atoms with Crippen LogP contribution in [0.4, 0.5) is 11.4 Å². The summed E-state index contributed by atoms with van der Waals surface area (Å²) in [6.45, 7) is 1.75. The van der Waals surface area contributed by atoms with E-state index in [-0.39, 0.29) is 28.8 Å². The SMILES string of the molecule is Cc1ccc([N+](=O)[O-])cc1NC(=O)[C@H]1[C@@H](C(=O)O)[C@H]2C=C[C@H]1C21CC1. The quantitative estimate of drug-likeness (QED) is 0.497. The molecular formula is C18H18N2O5. The van der Waals surface area contributed by atoms with Gasteiger partial charge in [0.15, 0.2) is 0 Å². The first-order chi connectivity index (χ1) is 11.8. The number of hydrogen-bond donors (Lipinski definition) is 2. The number of allylic oxidation sites excluding steroid dienone is 2. The predicted octanol–water partition coefficient (Wildman–Crippen LogP) is 2.75. The second-order valence-electron chi connectivity index (χ2n) is 7.31. The van der Waals surface area contributed by atoms with Gasteiger partial charge < -0.3 is 10.4 Å². The molecule has 4 atom stereocenters. The summed E-state index contributed by atoms with van der Waals surface area (Å²) in [6, 6.07) is 4.27. The number of hydrogen-bond acceptors (Lipinski definition) is 4. The maximum atomic E-state index is 12.9. The van der Waals surface area contributed by atoms with E-state index in [2.05, 4.69) is 5.32 Å². The summed E-state index contributed by atoms with van der Waals surface area (Å²) in [7, 11) is 0. The van der Waals surface area contributed by atoms with Gasteiger partial charge in [0.25, 0.3) is 5.69 Å². The van der Waals surface area contributed by atoms with Crippen molar-refractivity contribution in [1.29, 1.82) is 0 Å². The molecule has 0 radical (unpaired) electrons. The number of nitro groups is 1. The number of benzene rings is 1.